The number of piperidine rings is 1. The Bertz CT molecular complexity index is 972. The minimum Gasteiger partial charge on any atom is -0.497 e. The summed E-state index contributed by atoms with van der Waals surface area (Å²) in [5.74, 6) is -0.0406. The number of likely N-dealkylation sites (tertiary alicyclic amines) is 1. The number of para-hydroxylation sites is 1. The van der Waals surface area contributed by atoms with Crippen molar-refractivity contribution >= 4 is 40.9 Å². The molecule has 30 heavy (non-hydrogen) atoms. The number of amides is 3. The smallest absolute Gasteiger partial charge is 0.247 e. The summed E-state index contributed by atoms with van der Waals surface area (Å²) in [6, 6.07) is 14.7. The lowest BCUT2D eigenvalue weighted by Crippen LogP contribution is -2.48. The van der Waals surface area contributed by atoms with E-state index in [4.69, 9.17) is 4.74 Å². The summed E-state index contributed by atoms with van der Waals surface area (Å²) in [6.07, 6.45) is 1.13. The highest BCUT2D eigenvalue weighted by Crippen LogP contribution is 2.36. The predicted octanol–water partition coefficient (Wildman–Crippen LogP) is 2.99. The molecule has 4 rings (SSSR count). The number of methoxy groups -OCH3 is 1. The van der Waals surface area contributed by atoms with E-state index in [0.717, 1.165) is 10.6 Å². The van der Waals surface area contributed by atoms with Crippen LogP contribution in [0.15, 0.2) is 53.4 Å². The first-order valence-electron chi connectivity index (χ1n) is 9.85. The third-order valence-corrected chi connectivity index (χ3v) is 6.63. The maximum absolute atomic E-state index is 12.9. The van der Waals surface area contributed by atoms with E-state index in [-0.39, 0.29) is 23.6 Å². The van der Waals surface area contributed by atoms with Gasteiger partial charge in [-0.25, -0.2) is 0 Å². The van der Waals surface area contributed by atoms with Crippen LogP contribution in [0, 0.1) is 5.92 Å². The second kappa shape index (κ2) is 8.79. The minimum absolute atomic E-state index is 0.0611. The van der Waals surface area contributed by atoms with Gasteiger partial charge >= 0.3 is 0 Å². The molecule has 0 radical (unpaired) electrons. The minimum atomic E-state index is -0.790. The monoisotopic (exact) mass is 425 g/mol. The Morgan fingerprint density at radius 3 is 2.67 bits per heavy atom. The van der Waals surface area contributed by atoms with Crippen molar-refractivity contribution < 1.29 is 19.1 Å². The van der Waals surface area contributed by atoms with Gasteiger partial charge in [-0.3, -0.25) is 14.4 Å². The van der Waals surface area contributed by atoms with Crippen molar-refractivity contribution in [1.29, 1.82) is 0 Å². The van der Waals surface area contributed by atoms with Gasteiger partial charge < -0.3 is 20.3 Å². The Balaban J connectivity index is 1.33. The first-order chi connectivity index (χ1) is 14.5. The van der Waals surface area contributed by atoms with Crippen LogP contribution in [0.4, 0.5) is 11.4 Å². The molecular formula is C22H23N3O4S. The Morgan fingerprint density at radius 2 is 1.90 bits per heavy atom. The summed E-state index contributed by atoms with van der Waals surface area (Å²) in [7, 11) is 1.58. The highest BCUT2D eigenvalue weighted by Gasteiger charge is 2.37. The summed E-state index contributed by atoms with van der Waals surface area (Å²) in [5, 5.41) is 4.94. The Morgan fingerprint density at radius 1 is 1.13 bits per heavy atom. The lowest BCUT2D eigenvalue weighted by molar-refractivity contribution is -0.136. The van der Waals surface area contributed by atoms with Gasteiger partial charge in [0.2, 0.25) is 17.7 Å². The van der Waals surface area contributed by atoms with E-state index >= 15 is 0 Å². The lowest BCUT2D eigenvalue weighted by Gasteiger charge is -2.34. The largest absolute Gasteiger partial charge is 0.497 e. The van der Waals surface area contributed by atoms with Crippen LogP contribution in [0.5, 0.6) is 5.75 Å². The summed E-state index contributed by atoms with van der Waals surface area (Å²) in [6.45, 7) is 0.919. The van der Waals surface area contributed by atoms with Gasteiger partial charge in [0.1, 0.15) is 5.75 Å². The molecule has 1 saturated heterocycles. The first-order valence-corrected chi connectivity index (χ1v) is 10.7. The van der Waals surface area contributed by atoms with Crippen LogP contribution in [0.1, 0.15) is 12.8 Å². The van der Waals surface area contributed by atoms with Gasteiger partial charge in [0.25, 0.3) is 0 Å². The summed E-state index contributed by atoms with van der Waals surface area (Å²) in [5.41, 5.74) is 1.43. The van der Waals surface area contributed by atoms with Gasteiger partial charge in [0, 0.05) is 35.7 Å². The fourth-order valence-corrected chi connectivity index (χ4v) is 4.76. The molecule has 2 aromatic rings. The number of hydrogen-bond acceptors (Lipinski definition) is 5. The zero-order valence-corrected chi connectivity index (χ0v) is 17.4. The van der Waals surface area contributed by atoms with Crippen molar-refractivity contribution in [2.75, 3.05) is 30.8 Å². The van der Waals surface area contributed by atoms with Crippen LogP contribution in [0.3, 0.4) is 0 Å². The SMILES string of the molecule is COc1cccc(NC(=O)C2CCN(C(=O)[C@@H]3Sc4ccccc4NC3=O)CC2)c1. The predicted molar refractivity (Wildman–Crippen MR) is 116 cm³/mol. The lowest BCUT2D eigenvalue weighted by atomic mass is 9.95. The standard InChI is InChI=1S/C22H23N3O4S/c1-29-16-6-4-5-15(13-16)23-20(26)14-9-11-25(12-10-14)22(28)19-21(27)24-17-7-2-3-8-18(17)30-19/h2-8,13-14,19H,9-12H2,1H3,(H,23,26)(H,24,27)/t19-/m1/s1. The second-order valence-corrected chi connectivity index (χ2v) is 8.45. The van der Waals surface area contributed by atoms with E-state index in [1.54, 1.807) is 18.1 Å². The summed E-state index contributed by atoms with van der Waals surface area (Å²) >= 11 is 1.28. The van der Waals surface area contributed by atoms with Crippen LogP contribution >= 0.6 is 11.8 Å². The third kappa shape index (κ3) is 4.28. The zero-order valence-electron chi connectivity index (χ0n) is 16.6. The van der Waals surface area contributed by atoms with E-state index in [1.165, 1.54) is 11.8 Å². The molecule has 7 nitrogen and oxygen atoms in total. The molecule has 2 aliphatic rings. The molecule has 0 bridgehead atoms. The summed E-state index contributed by atoms with van der Waals surface area (Å²) < 4.78 is 5.18. The van der Waals surface area contributed by atoms with Gasteiger partial charge in [-0.05, 0) is 37.1 Å². The average molecular weight is 426 g/mol. The van der Waals surface area contributed by atoms with E-state index in [1.807, 2.05) is 42.5 Å². The van der Waals surface area contributed by atoms with Crippen molar-refractivity contribution in [2.45, 2.75) is 23.0 Å². The van der Waals surface area contributed by atoms with E-state index in [0.29, 0.717) is 37.4 Å². The molecule has 156 valence electrons. The molecule has 2 aromatic carbocycles. The van der Waals surface area contributed by atoms with Crippen molar-refractivity contribution in [3.05, 3.63) is 48.5 Å². The number of carbonyl (C=O) groups excluding carboxylic acids is 3. The number of rotatable bonds is 4. The quantitative estimate of drug-likeness (QED) is 0.736. The first kappa shape index (κ1) is 20.3. The molecule has 1 fully saturated rings. The van der Waals surface area contributed by atoms with Crippen molar-refractivity contribution in [3.63, 3.8) is 0 Å². The van der Waals surface area contributed by atoms with Gasteiger partial charge in [-0.1, -0.05) is 18.2 Å². The Kier molecular flexibility index (Phi) is 5.94. The molecule has 1 atom stereocenters. The number of fused-ring (bicyclic) bond motifs is 1. The molecular weight excluding hydrogens is 402 g/mol. The molecule has 2 heterocycles. The second-order valence-electron chi connectivity index (χ2n) is 7.30. The highest BCUT2D eigenvalue weighted by atomic mass is 32.2. The van der Waals surface area contributed by atoms with Crippen molar-refractivity contribution in [1.82, 2.24) is 4.90 Å². The number of anilines is 2. The van der Waals surface area contributed by atoms with Gasteiger partial charge in [0.05, 0.1) is 12.8 Å². The topological polar surface area (TPSA) is 87.7 Å². The van der Waals surface area contributed by atoms with Gasteiger partial charge in [-0.15, -0.1) is 11.8 Å². The third-order valence-electron chi connectivity index (χ3n) is 5.37. The number of nitrogens with zero attached hydrogens (tertiary/aromatic N) is 1. The highest BCUT2D eigenvalue weighted by molar-refractivity contribution is 8.01. The fraction of sp³-hybridized carbons (Fsp3) is 0.318. The molecule has 0 aliphatic carbocycles. The van der Waals surface area contributed by atoms with E-state index in [2.05, 4.69) is 10.6 Å². The van der Waals surface area contributed by atoms with E-state index in [9.17, 15) is 14.4 Å². The summed E-state index contributed by atoms with van der Waals surface area (Å²) in [4.78, 5) is 40.6. The number of hydrogen-bond donors (Lipinski definition) is 2. The Labute approximate surface area is 179 Å². The van der Waals surface area contributed by atoms with Crippen LogP contribution in [0.2, 0.25) is 0 Å². The fourth-order valence-electron chi connectivity index (χ4n) is 3.69. The van der Waals surface area contributed by atoms with Crippen molar-refractivity contribution in [3.8, 4) is 5.75 Å². The number of ether oxygens (including phenoxy) is 1. The van der Waals surface area contributed by atoms with Gasteiger partial charge in [0.15, 0.2) is 5.25 Å². The molecule has 8 heteroatoms. The molecule has 2 aliphatic heterocycles. The average Bonchev–Trinajstić information content (AvgIpc) is 2.78. The molecule has 2 N–H and O–H groups in total. The molecule has 0 saturated carbocycles. The molecule has 0 spiro atoms. The molecule has 3 amide bonds. The van der Waals surface area contributed by atoms with Crippen LogP contribution in [0.25, 0.3) is 0 Å². The van der Waals surface area contributed by atoms with Crippen LogP contribution < -0.4 is 15.4 Å². The van der Waals surface area contributed by atoms with Crippen molar-refractivity contribution in [2.24, 2.45) is 5.92 Å². The maximum Gasteiger partial charge on any atom is 0.247 e. The van der Waals surface area contributed by atoms with Crippen LogP contribution in [-0.4, -0.2) is 48.1 Å². The normalized spacial score (nSPS) is 18.9. The molecule has 0 unspecified atom stereocenters. The van der Waals surface area contributed by atoms with Gasteiger partial charge in [-0.2, -0.15) is 0 Å². The number of carbonyl (C=O) groups is 3. The number of benzene rings is 2. The van der Waals surface area contributed by atoms with Crippen LogP contribution in [-0.2, 0) is 14.4 Å². The number of thioether (sulfide) groups is 1. The zero-order chi connectivity index (χ0) is 21.1. The van der Waals surface area contributed by atoms with E-state index < -0.39 is 5.25 Å². The maximum atomic E-state index is 12.9. The molecule has 0 aromatic heterocycles. The number of nitrogens with one attached hydrogen (secondary N) is 2. The Hall–Kier alpha value is -3.00.